The summed E-state index contributed by atoms with van der Waals surface area (Å²) in [5.74, 6) is 0.746. The average molecular weight is 408 g/mol. The summed E-state index contributed by atoms with van der Waals surface area (Å²) in [5.41, 5.74) is 3.12. The van der Waals surface area contributed by atoms with Crippen molar-refractivity contribution in [1.29, 1.82) is 0 Å². The average Bonchev–Trinajstić information content (AvgIpc) is 2.78. The van der Waals surface area contributed by atoms with Gasteiger partial charge < -0.3 is 10.6 Å². The first-order chi connectivity index (χ1) is 14.6. The molecule has 2 amide bonds. The smallest absolute Gasteiger partial charge is 0.251 e. The quantitative estimate of drug-likeness (QED) is 0.623. The van der Waals surface area contributed by atoms with Crippen LogP contribution < -0.4 is 10.6 Å². The number of piperidine rings is 1. The van der Waals surface area contributed by atoms with Crippen molar-refractivity contribution in [3.63, 3.8) is 0 Å². The zero-order valence-electron chi connectivity index (χ0n) is 17.9. The fourth-order valence-electron chi connectivity index (χ4n) is 3.77. The van der Waals surface area contributed by atoms with Crippen LogP contribution in [0.15, 0.2) is 54.6 Å². The van der Waals surface area contributed by atoms with Crippen LogP contribution in [0.1, 0.15) is 54.1 Å². The topological polar surface area (TPSA) is 61.4 Å². The van der Waals surface area contributed by atoms with Crippen molar-refractivity contribution in [2.75, 3.05) is 19.6 Å². The molecular formula is C25H33N3O2. The normalized spacial score (nSPS) is 15.0. The number of hydrogen-bond donors (Lipinski definition) is 2. The summed E-state index contributed by atoms with van der Waals surface area (Å²) in [6.07, 6.45) is 3.55. The summed E-state index contributed by atoms with van der Waals surface area (Å²) in [7, 11) is 0. The second-order valence-electron chi connectivity index (χ2n) is 8.23. The van der Waals surface area contributed by atoms with Crippen molar-refractivity contribution in [2.45, 2.75) is 45.7 Å². The third kappa shape index (κ3) is 6.99. The van der Waals surface area contributed by atoms with Crippen LogP contribution in [0.2, 0.25) is 0 Å². The largest absolute Gasteiger partial charge is 0.352 e. The number of nitrogens with one attached hydrogen (secondary N) is 2. The highest BCUT2D eigenvalue weighted by atomic mass is 16.2. The molecule has 0 atom stereocenters. The van der Waals surface area contributed by atoms with Crippen molar-refractivity contribution < 1.29 is 9.59 Å². The summed E-state index contributed by atoms with van der Waals surface area (Å²) < 4.78 is 0. The van der Waals surface area contributed by atoms with Gasteiger partial charge in [0.05, 0.1) is 0 Å². The van der Waals surface area contributed by atoms with Gasteiger partial charge in [-0.1, -0.05) is 49.4 Å². The van der Waals surface area contributed by atoms with Crippen LogP contribution in [0, 0.1) is 5.92 Å². The number of benzene rings is 2. The Kier molecular flexibility index (Phi) is 8.45. The standard InChI is InChI=1S/C25H33N3O2/c1-20-13-16-28(17-14-20)19-23-11-6-5-10-22(23)18-27-24(29)12-7-15-26-25(30)21-8-3-2-4-9-21/h2-6,8-11,20H,7,12-19H2,1H3,(H,26,30)(H,27,29). The van der Waals surface area contributed by atoms with Gasteiger partial charge in [0.1, 0.15) is 0 Å². The summed E-state index contributed by atoms with van der Waals surface area (Å²) in [5, 5.41) is 5.89. The number of nitrogens with zero attached hydrogens (tertiary/aromatic N) is 1. The molecule has 3 rings (SSSR count). The first-order valence-corrected chi connectivity index (χ1v) is 11.0. The molecule has 0 spiro atoms. The second-order valence-corrected chi connectivity index (χ2v) is 8.23. The first kappa shape index (κ1) is 22.0. The molecule has 2 aromatic carbocycles. The molecule has 0 saturated carbocycles. The van der Waals surface area contributed by atoms with Gasteiger partial charge in [-0.15, -0.1) is 0 Å². The predicted octanol–water partition coefficient (Wildman–Crippen LogP) is 3.74. The lowest BCUT2D eigenvalue weighted by atomic mass is 9.98. The fourth-order valence-corrected chi connectivity index (χ4v) is 3.77. The van der Waals surface area contributed by atoms with Gasteiger partial charge in [-0.05, 0) is 61.5 Å². The van der Waals surface area contributed by atoms with Crippen molar-refractivity contribution in [3.8, 4) is 0 Å². The molecule has 160 valence electrons. The van der Waals surface area contributed by atoms with E-state index in [1.165, 1.54) is 24.0 Å². The van der Waals surface area contributed by atoms with Crippen LogP contribution in [-0.2, 0) is 17.9 Å². The molecule has 0 aromatic heterocycles. The molecule has 30 heavy (non-hydrogen) atoms. The highest BCUT2D eigenvalue weighted by Gasteiger charge is 2.16. The van der Waals surface area contributed by atoms with Crippen molar-refractivity contribution in [3.05, 3.63) is 71.3 Å². The number of rotatable bonds is 9. The van der Waals surface area contributed by atoms with Crippen LogP contribution in [-0.4, -0.2) is 36.3 Å². The molecule has 0 radical (unpaired) electrons. The van der Waals surface area contributed by atoms with Crippen molar-refractivity contribution >= 4 is 11.8 Å². The highest BCUT2D eigenvalue weighted by molar-refractivity contribution is 5.94. The molecule has 0 unspecified atom stereocenters. The molecule has 1 saturated heterocycles. The minimum atomic E-state index is -0.1000. The van der Waals surface area contributed by atoms with E-state index >= 15 is 0 Å². The summed E-state index contributed by atoms with van der Waals surface area (Å²) in [6, 6.07) is 17.5. The Morgan fingerprint density at radius 3 is 2.33 bits per heavy atom. The van der Waals surface area contributed by atoms with Crippen molar-refractivity contribution in [1.82, 2.24) is 15.5 Å². The number of amides is 2. The maximum Gasteiger partial charge on any atom is 0.251 e. The maximum absolute atomic E-state index is 12.2. The Morgan fingerprint density at radius 2 is 1.60 bits per heavy atom. The van der Waals surface area contributed by atoms with E-state index in [1.807, 2.05) is 24.3 Å². The van der Waals surface area contributed by atoms with Crippen molar-refractivity contribution in [2.24, 2.45) is 5.92 Å². The van der Waals surface area contributed by atoms with Gasteiger partial charge in [-0.2, -0.15) is 0 Å². The SMILES string of the molecule is CC1CCN(Cc2ccccc2CNC(=O)CCCNC(=O)c2ccccc2)CC1. The van der Waals surface area contributed by atoms with Crippen LogP contribution >= 0.6 is 0 Å². The lowest BCUT2D eigenvalue weighted by Crippen LogP contribution is -2.33. The Balaban J connectivity index is 1.38. The van der Waals surface area contributed by atoms with E-state index in [0.29, 0.717) is 31.5 Å². The van der Waals surface area contributed by atoms with Gasteiger partial charge in [-0.25, -0.2) is 0 Å². The molecule has 1 fully saturated rings. The zero-order chi connectivity index (χ0) is 21.2. The Bertz CT molecular complexity index is 814. The lowest BCUT2D eigenvalue weighted by Gasteiger charge is -2.30. The highest BCUT2D eigenvalue weighted by Crippen LogP contribution is 2.19. The van der Waals surface area contributed by atoms with E-state index in [0.717, 1.165) is 25.6 Å². The van der Waals surface area contributed by atoms with Gasteiger partial charge in [0.2, 0.25) is 5.91 Å². The second kappa shape index (κ2) is 11.5. The molecule has 5 nitrogen and oxygen atoms in total. The molecule has 1 aliphatic rings. The van der Waals surface area contributed by atoms with Crippen LogP contribution in [0.5, 0.6) is 0 Å². The van der Waals surface area contributed by atoms with E-state index in [1.54, 1.807) is 12.1 Å². The van der Waals surface area contributed by atoms with E-state index in [-0.39, 0.29) is 11.8 Å². The minimum Gasteiger partial charge on any atom is -0.352 e. The molecular weight excluding hydrogens is 374 g/mol. The number of carbonyl (C=O) groups excluding carboxylic acids is 2. The van der Waals surface area contributed by atoms with E-state index in [4.69, 9.17) is 0 Å². The Morgan fingerprint density at radius 1 is 0.933 bits per heavy atom. The molecule has 2 aromatic rings. The number of likely N-dealkylation sites (tertiary alicyclic amines) is 1. The van der Waals surface area contributed by atoms with Gasteiger partial charge in [0.15, 0.2) is 0 Å². The first-order valence-electron chi connectivity index (χ1n) is 11.0. The minimum absolute atomic E-state index is 0.0190. The maximum atomic E-state index is 12.2. The predicted molar refractivity (Wildman–Crippen MR) is 120 cm³/mol. The molecule has 0 aliphatic carbocycles. The molecule has 1 aliphatic heterocycles. The van der Waals surface area contributed by atoms with Gasteiger partial charge in [-0.3, -0.25) is 14.5 Å². The molecule has 2 N–H and O–H groups in total. The number of carbonyl (C=O) groups is 2. The van der Waals surface area contributed by atoms with Gasteiger partial charge in [0, 0.05) is 31.6 Å². The third-order valence-corrected chi connectivity index (χ3v) is 5.77. The Hall–Kier alpha value is -2.66. The zero-order valence-corrected chi connectivity index (χ0v) is 17.9. The third-order valence-electron chi connectivity index (χ3n) is 5.77. The summed E-state index contributed by atoms with van der Waals surface area (Å²) >= 11 is 0. The van der Waals surface area contributed by atoms with Crippen LogP contribution in [0.25, 0.3) is 0 Å². The van der Waals surface area contributed by atoms with Crippen LogP contribution in [0.4, 0.5) is 0 Å². The van der Waals surface area contributed by atoms with Crippen LogP contribution in [0.3, 0.4) is 0 Å². The van der Waals surface area contributed by atoms with E-state index in [2.05, 4.69) is 40.7 Å². The summed E-state index contributed by atoms with van der Waals surface area (Å²) in [4.78, 5) is 26.7. The summed E-state index contributed by atoms with van der Waals surface area (Å²) in [6.45, 7) is 6.62. The van der Waals surface area contributed by atoms with Gasteiger partial charge in [0.25, 0.3) is 5.91 Å². The Labute approximate surface area is 179 Å². The fraction of sp³-hybridized carbons (Fsp3) is 0.440. The van der Waals surface area contributed by atoms with E-state index in [9.17, 15) is 9.59 Å². The lowest BCUT2D eigenvalue weighted by molar-refractivity contribution is -0.121. The molecule has 5 heteroatoms. The monoisotopic (exact) mass is 407 g/mol. The molecule has 1 heterocycles. The van der Waals surface area contributed by atoms with E-state index < -0.39 is 0 Å². The number of hydrogen-bond acceptors (Lipinski definition) is 3. The van der Waals surface area contributed by atoms with Gasteiger partial charge >= 0.3 is 0 Å². The molecule has 0 bridgehead atoms.